The van der Waals surface area contributed by atoms with E-state index in [1.807, 2.05) is 24.3 Å². The van der Waals surface area contributed by atoms with Crippen molar-refractivity contribution in [2.75, 3.05) is 26.0 Å². The summed E-state index contributed by atoms with van der Waals surface area (Å²) in [6, 6.07) is 12.9. The lowest BCUT2D eigenvalue weighted by atomic mass is 9.87. The fourth-order valence-electron chi connectivity index (χ4n) is 4.13. The van der Waals surface area contributed by atoms with Crippen LogP contribution in [0.5, 0.6) is 5.75 Å². The first kappa shape index (κ1) is 20.0. The number of rotatable bonds is 5. The Morgan fingerprint density at radius 2 is 2.07 bits per heavy atom. The average molecular weight is 405 g/mol. The van der Waals surface area contributed by atoms with Crippen LogP contribution < -0.4 is 10.1 Å². The van der Waals surface area contributed by atoms with E-state index in [9.17, 15) is 9.59 Å². The van der Waals surface area contributed by atoms with Crippen LogP contribution in [0.1, 0.15) is 35.0 Å². The molecule has 2 amide bonds. The van der Waals surface area contributed by atoms with Crippen LogP contribution in [-0.4, -0.2) is 42.4 Å². The van der Waals surface area contributed by atoms with Gasteiger partial charge in [-0.2, -0.15) is 0 Å². The van der Waals surface area contributed by atoms with Crippen molar-refractivity contribution in [3.05, 3.63) is 59.3 Å². The van der Waals surface area contributed by atoms with Gasteiger partial charge in [0.2, 0.25) is 5.91 Å². The summed E-state index contributed by atoms with van der Waals surface area (Å²) in [5.74, 6) is 0.887. The van der Waals surface area contributed by atoms with Gasteiger partial charge in [-0.15, -0.1) is 0 Å². The van der Waals surface area contributed by atoms with Gasteiger partial charge >= 0.3 is 0 Å². The minimum atomic E-state index is -0.256. The van der Waals surface area contributed by atoms with E-state index in [1.54, 1.807) is 32.4 Å². The summed E-state index contributed by atoms with van der Waals surface area (Å²) in [5, 5.41) is 3.93. The molecule has 2 N–H and O–H groups in total. The van der Waals surface area contributed by atoms with Gasteiger partial charge in [-0.3, -0.25) is 9.59 Å². The maximum absolute atomic E-state index is 12.9. The van der Waals surface area contributed by atoms with E-state index in [1.165, 1.54) is 22.6 Å². The Balaban J connectivity index is 1.47. The van der Waals surface area contributed by atoms with Gasteiger partial charge in [-0.05, 0) is 61.1 Å². The zero-order chi connectivity index (χ0) is 21.3. The van der Waals surface area contributed by atoms with E-state index in [0.29, 0.717) is 22.9 Å². The molecule has 1 aliphatic carbocycles. The summed E-state index contributed by atoms with van der Waals surface area (Å²) in [6.07, 6.45) is 3.28. The van der Waals surface area contributed by atoms with Crippen molar-refractivity contribution in [1.29, 1.82) is 0 Å². The second kappa shape index (κ2) is 8.22. The molecule has 6 nitrogen and oxygen atoms in total. The lowest BCUT2D eigenvalue weighted by Crippen LogP contribution is -2.34. The zero-order valence-corrected chi connectivity index (χ0v) is 17.6. The predicted octanol–water partition coefficient (Wildman–Crippen LogP) is 4.01. The second-order valence-electron chi connectivity index (χ2n) is 8.13. The Kier molecular flexibility index (Phi) is 5.48. The van der Waals surface area contributed by atoms with Crippen molar-refractivity contribution >= 4 is 28.4 Å². The highest BCUT2D eigenvalue weighted by atomic mass is 16.5. The highest BCUT2D eigenvalue weighted by molar-refractivity contribution is 6.02. The molecule has 1 aromatic heterocycles. The number of benzene rings is 2. The van der Waals surface area contributed by atoms with Crippen LogP contribution in [0.2, 0.25) is 0 Å². The number of nitrogens with one attached hydrogen (secondary N) is 2. The molecule has 6 heteroatoms. The molecule has 1 aliphatic rings. The first-order valence-electron chi connectivity index (χ1n) is 10.3. The topological polar surface area (TPSA) is 74.4 Å². The van der Waals surface area contributed by atoms with Gasteiger partial charge in [0.15, 0.2) is 0 Å². The molecule has 1 heterocycles. The number of carbonyl (C=O) groups excluding carboxylic acids is 2. The van der Waals surface area contributed by atoms with Gasteiger partial charge in [-0.25, -0.2) is 0 Å². The number of carbonyl (C=O) groups is 2. The number of nitrogens with zero attached hydrogens (tertiary/aromatic N) is 1. The largest absolute Gasteiger partial charge is 0.497 e. The Labute approximate surface area is 176 Å². The third-order valence-corrected chi connectivity index (χ3v) is 5.76. The van der Waals surface area contributed by atoms with Crippen LogP contribution in [0.15, 0.2) is 42.5 Å². The Hall–Kier alpha value is -3.28. The molecule has 0 radical (unpaired) electrons. The van der Waals surface area contributed by atoms with E-state index in [2.05, 4.69) is 17.2 Å². The van der Waals surface area contributed by atoms with Crippen LogP contribution >= 0.6 is 0 Å². The molecule has 0 aliphatic heterocycles. The maximum atomic E-state index is 12.9. The molecule has 156 valence electrons. The van der Waals surface area contributed by atoms with Gasteiger partial charge in [0.25, 0.3) is 5.91 Å². The molecule has 0 unspecified atom stereocenters. The molecule has 3 aromatic rings. The molecule has 0 saturated heterocycles. The Morgan fingerprint density at radius 1 is 1.23 bits per heavy atom. The van der Waals surface area contributed by atoms with Crippen molar-refractivity contribution in [3.8, 4) is 5.75 Å². The minimum Gasteiger partial charge on any atom is -0.497 e. The summed E-state index contributed by atoms with van der Waals surface area (Å²) in [7, 11) is 3.22. The summed E-state index contributed by atoms with van der Waals surface area (Å²) >= 11 is 0. The lowest BCUT2D eigenvalue weighted by molar-refractivity contribution is -0.116. The number of aromatic amines is 1. The van der Waals surface area contributed by atoms with Gasteiger partial charge in [0.1, 0.15) is 5.75 Å². The number of fused-ring (bicyclic) bond motifs is 3. The van der Waals surface area contributed by atoms with E-state index >= 15 is 0 Å². The molecule has 0 spiro atoms. The third kappa shape index (κ3) is 4.03. The first-order valence-corrected chi connectivity index (χ1v) is 10.3. The SMILES string of the molecule is COc1cccc(NC(=O)CN(C)C(=O)c2ccc3[nH]c4c(c3c2)C[C@H](C)CC4)c1. The minimum absolute atomic E-state index is 0.0314. The average Bonchev–Trinajstić information content (AvgIpc) is 3.10. The molecule has 1 atom stereocenters. The van der Waals surface area contributed by atoms with Gasteiger partial charge < -0.3 is 19.9 Å². The molecule has 30 heavy (non-hydrogen) atoms. The number of H-pyrrole nitrogens is 1. The highest BCUT2D eigenvalue weighted by Crippen LogP contribution is 2.32. The van der Waals surface area contributed by atoms with E-state index in [4.69, 9.17) is 4.74 Å². The summed E-state index contributed by atoms with van der Waals surface area (Å²) in [5.41, 5.74) is 4.92. The van der Waals surface area contributed by atoms with Crippen molar-refractivity contribution in [3.63, 3.8) is 0 Å². The monoisotopic (exact) mass is 405 g/mol. The fraction of sp³-hybridized carbons (Fsp3) is 0.333. The van der Waals surface area contributed by atoms with Crippen LogP contribution in [0.25, 0.3) is 10.9 Å². The maximum Gasteiger partial charge on any atom is 0.254 e. The number of methoxy groups -OCH3 is 1. The first-order chi connectivity index (χ1) is 14.4. The Morgan fingerprint density at radius 3 is 2.87 bits per heavy atom. The number of likely N-dealkylation sites (N-methyl/N-ethyl adjacent to an activating group) is 1. The molecular weight excluding hydrogens is 378 g/mol. The van der Waals surface area contributed by atoms with Crippen molar-refractivity contribution in [1.82, 2.24) is 9.88 Å². The lowest BCUT2D eigenvalue weighted by Gasteiger charge is -2.19. The number of hydrogen-bond acceptors (Lipinski definition) is 3. The van der Waals surface area contributed by atoms with Crippen molar-refractivity contribution in [2.24, 2.45) is 5.92 Å². The smallest absolute Gasteiger partial charge is 0.254 e. The third-order valence-electron chi connectivity index (χ3n) is 5.76. The van der Waals surface area contributed by atoms with Gasteiger partial charge in [-0.1, -0.05) is 13.0 Å². The predicted molar refractivity (Wildman–Crippen MR) is 118 cm³/mol. The quantitative estimate of drug-likeness (QED) is 0.673. The second-order valence-corrected chi connectivity index (χ2v) is 8.13. The summed E-state index contributed by atoms with van der Waals surface area (Å²) in [6.45, 7) is 2.24. The molecule has 0 fully saturated rings. The standard InChI is InChI=1S/C24H27N3O3/c1-15-7-9-21-19(11-15)20-12-16(8-10-22(20)26-21)24(29)27(2)14-23(28)25-17-5-4-6-18(13-17)30-3/h4-6,8,10,12-13,15,26H,7,9,11,14H2,1-3H3,(H,25,28)/t15-/m1/s1. The molecule has 0 saturated carbocycles. The fourth-order valence-corrected chi connectivity index (χ4v) is 4.13. The van der Waals surface area contributed by atoms with Crippen LogP contribution in [0.3, 0.4) is 0 Å². The highest BCUT2D eigenvalue weighted by Gasteiger charge is 2.22. The normalized spacial score (nSPS) is 15.5. The van der Waals surface area contributed by atoms with E-state index < -0.39 is 0 Å². The molecule has 4 rings (SSSR count). The van der Waals surface area contributed by atoms with Crippen LogP contribution in [0, 0.1) is 5.92 Å². The number of anilines is 1. The molecule has 0 bridgehead atoms. The molecular formula is C24H27N3O3. The van der Waals surface area contributed by atoms with Crippen LogP contribution in [0.4, 0.5) is 5.69 Å². The van der Waals surface area contributed by atoms with E-state index in [0.717, 1.165) is 23.7 Å². The van der Waals surface area contributed by atoms with Crippen molar-refractivity contribution in [2.45, 2.75) is 26.2 Å². The van der Waals surface area contributed by atoms with E-state index in [-0.39, 0.29) is 18.4 Å². The summed E-state index contributed by atoms with van der Waals surface area (Å²) in [4.78, 5) is 30.3. The number of aromatic nitrogens is 1. The van der Waals surface area contributed by atoms with Crippen LogP contribution in [-0.2, 0) is 17.6 Å². The molecule has 2 aromatic carbocycles. The van der Waals surface area contributed by atoms with Crippen molar-refractivity contribution < 1.29 is 14.3 Å². The van der Waals surface area contributed by atoms with Gasteiger partial charge in [0, 0.05) is 41.0 Å². The number of hydrogen-bond donors (Lipinski definition) is 2. The Bertz CT molecular complexity index is 1100. The number of ether oxygens (including phenoxy) is 1. The summed E-state index contributed by atoms with van der Waals surface area (Å²) < 4.78 is 5.17. The zero-order valence-electron chi connectivity index (χ0n) is 17.6. The number of amides is 2. The number of aryl methyl sites for hydroxylation is 1. The van der Waals surface area contributed by atoms with Gasteiger partial charge in [0.05, 0.1) is 13.7 Å².